The molecule has 2 heteroatoms. The second-order valence-corrected chi connectivity index (χ2v) is 3.61. The van der Waals surface area contributed by atoms with Crippen molar-refractivity contribution in [2.45, 2.75) is 19.3 Å². The lowest BCUT2D eigenvalue weighted by molar-refractivity contribution is 0.0525. The highest BCUT2D eigenvalue weighted by atomic mass is 16.5. The summed E-state index contributed by atoms with van der Waals surface area (Å²) in [6.07, 6.45) is 3.89. The van der Waals surface area contributed by atoms with E-state index >= 15 is 0 Å². The second kappa shape index (κ2) is 2.21. The van der Waals surface area contributed by atoms with Crippen LogP contribution in [0.2, 0.25) is 0 Å². The Kier molecular flexibility index (Phi) is 1.46. The lowest BCUT2D eigenvalue weighted by Crippen LogP contribution is -2.20. The summed E-state index contributed by atoms with van der Waals surface area (Å²) in [5.41, 5.74) is 6.24. The van der Waals surface area contributed by atoms with Gasteiger partial charge in [-0.1, -0.05) is 0 Å². The summed E-state index contributed by atoms with van der Waals surface area (Å²) in [5.74, 6) is 0.830. The van der Waals surface area contributed by atoms with E-state index in [9.17, 15) is 0 Å². The van der Waals surface area contributed by atoms with Crippen molar-refractivity contribution in [3.05, 3.63) is 0 Å². The Morgan fingerprint density at radius 2 is 2.10 bits per heavy atom. The van der Waals surface area contributed by atoms with Crippen molar-refractivity contribution < 1.29 is 4.74 Å². The standard InChI is InChI=1S/C8H15NO/c9-6-7-5-8(7)1-3-10-4-2-8/h7H,1-6,9H2/t7-/m0/s1. The van der Waals surface area contributed by atoms with Crippen molar-refractivity contribution in [1.29, 1.82) is 0 Å². The molecule has 0 aromatic carbocycles. The van der Waals surface area contributed by atoms with E-state index in [0.717, 1.165) is 25.7 Å². The first-order valence-electron chi connectivity index (χ1n) is 4.15. The zero-order chi connectivity index (χ0) is 7.03. The number of rotatable bonds is 1. The van der Waals surface area contributed by atoms with Crippen molar-refractivity contribution in [3.8, 4) is 0 Å². The fourth-order valence-corrected chi connectivity index (χ4v) is 2.16. The minimum Gasteiger partial charge on any atom is -0.381 e. The number of hydrogen-bond acceptors (Lipinski definition) is 2. The average Bonchev–Trinajstić information content (AvgIpc) is 2.65. The van der Waals surface area contributed by atoms with Crippen LogP contribution in [-0.2, 0) is 4.74 Å². The van der Waals surface area contributed by atoms with Crippen LogP contribution < -0.4 is 5.73 Å². The number of ether oxygens (including phenoxy) is 1. The summed E-state index contributed by atoms with van der Waals surface area (Å²) in [4.78, 5) is 0. The Hall–Kier alpha value is -0.0800. The van der Waals surface area contributed by atoms with E-state index in [1.807, 2.05) is 0 Å². The molecule has 0 aromatic rings. The Labute approximate surface area is 61.7 Å². The van der Waals surface area contributed by atoms with Crippen LogP contribution in [0, 0.1) is 11.3 Å². The van der Waals surface area contributed by atoms with E-state index in [1.54, 1.807) is 0 Å². The van der Waals surface area contributed by atoms with Crippen LogP contribution in [0.5, 0.6) is 0 Å². The quantitative estimate of drug-likeness (QED) is 0.585. The molecule has 1 heterocycles. The van der Waals surface area contributed by atoms with Gasteiger partial charge in [0.25, 0.3) is 0 Å². The van der Waals surface area contributed by atoms with Crippen molar-refractivity contribution in [2.24, 2.45) is 17.1 Å². The van der Waals surface area contributed by atoms with E-state index < -0.39 is 0 Å². The largest absolute Gasteiger partial charge is 0.381 e. The van der Waals surface area contributed by atoms with Crippen LogP contribution in [0.4, 0.5) is 0 Å². The van der Waals surface area contributed by atoms with Gasteiger partial charge in [0.2, 0.25) is 0 Å². The lowest BCUT2D eigenvalue weighted by Gasteiger charge is -2.22. The second-order valence-electron chi connectivity index (χ2n) is 3.61. The van der Waals surface area contributed by atoms with E-state index in [2.05, 4.69) is 0 Å². The van der Waals surface area contributed by atoms with Crippen molar-refractivity contribution in [2.75, 3.05) is 19.8 Å². The summed E-state index contributed by atoms with van der Waals surface area (Å²) >= 11 is 0. The first kappa shape index (κ1) is 6.62. The minimum atomic E-state index is 0.646. The molecule has 1 saturated heterocycles. The highest BCUT2D eigenvalue weighted by Crippen LogP contribution is 2.58. The molecule has 2 aliphatic rings. The summed E-state index contributed by atoms with van der Waals surface area (Å²) < 4.78 is 5.30. The van der Waals surface area contributed by atoms with Crippen LogP contribution in [0.15, 0.2) is 0 Å². The maximum atomic E-state index is 5.60. The molecule has 2 nitrogen and oxygen atoms in total. The van der Waals surface area contributed by atoms with Gasteiger partial charge in [0, 0.05) is 13.2 Å². The Balaban J connectivity index is 1.92. The predicted molar refractivity (Wildman–Crippen MR) is 39.6 cm³/mol. The van der Waals surface area contributed by atoms with Gasteiger partial charge in [-0.05, 0) is 37.1 Å². The fourth-order valence-electron chi connectivity index (χ4n) is 2.16. The van der Waals surface area contributed by atoms with Crippen LogP contribution in [0.25, 0.3) is 0 Å². The van der Waals surface area contributed by atoms with Gasteiger partial charge in [-0.25, -0.2) is 0 Å². The fraction of sp³-hybridized carbons (Fsp3) is 1.00. The third-order valence-electron chi connectivity index (χ3n) is 3.13. The molecule has 58 valence electrons. The van der Waals surface area contributed by atoms with E-state index in [-0.39, 0.29) is 0 Å². The first-order chi connectivity index (χ1) is 4.87. The molecule has 1 atom stereocenters. The molecule has 2 N–H and O–H groups in total. The average molecular weight is 141 g/mol. The van der Waals surface area contributed by atoms with Crippen LogP contribution in [-0.4, -0.2) is 19.8 Å². The Morgan fingerprint density at radius 1 is 1.40 bits per heavy atom. The third-order valence-corrected chi connectivity index (χ3v) is 3.13. The summed E-state index contributed by atoms with van der Waals surface area (Å²) in [6, 6.07) is 0. The van der Waals surface area contributed by atoms with Gasteiger partial charge in [0.05, 0.1) is 0 Å². The smallest absolute Gasteiger partial charge is 0.0471 e. The molecule has 2 fully saturated rings. The van der Waals surface area contributed by atoms with E-state index in [1.165, 1.54) is 19.3 Å². The highest BCUT2D eigenvalue weighted by molar-refractivity contribution is 5.03. The molecular formula is C8H15NO. The van der Waals surface area contributed by atoms with Crippen LogP contribution in [0.1, 0.15) is 19.3 Å². The lowest BCUT2D eigenvalue weighted by atomic mass is 9.94. The molecule has 1 spiro atoms. The summed E-state index contributed by atoms with van der Waals surface area (Å²) in [7, 11) is 0. The van der Waals surface area contributed by atoms with Gasteiger partial charge < -0.3 is 10.5 Å². The maximum Gasteiger partial charge on any atom is 0.0471 e. The Bertz CT molecular complexity index is 129. The first-order valence-corrected chi connectivity index (χ1v) is 4.15. The number of hydrogen-bond donors (Lipinski definition) is 1. The van der Waals surface area contributed by atoms with Crippen LogP contribution >= 0.6 is 0 Å². The molecule has 0 amide bonds. The molecule has 0 aromatic heterocycles. The highest BCUT2D eigenvalue weighted by Gasteiger charge is 2.52. The summed E-state index contributed by atoms with van der Waals surface area (Å²) in [6.45, 7) is 2.83. The molecule has 1 saturated carbocycles. The van der Waals surface area contributed by atoms with E-state index in [4.69, 9.17) is 10.5 Å². The molecular weight excluding hydrogens is 126 g/mol. The Morgan fingerprint density at radius 3 is 2.60 bits per heavy atom. The predicted octanol–water partition coefficient (Wildman–Crippen LogP) is 0.762. The van der Waals surface area contributed by atoms with Gasteiger partial charge in [-0.15, -0.1) is 0 Å². The van der Waals surface area contributed by atoms with Crippen molar-refractivity contribution in [1.82, 2.24) is 0 Å². The summed E-state index contributed by atoms with van der Waals surface area (Å²) in [5, 5.41) is 0. The van der Waals surface area contributed by atoms with Crippen molar-refractivity contribution >= 4 is 0 Å². The van der Waals surface area contributed by atoms with Crippen LogP contribution in [0.3, 0.4) is 0 Å². The molecule has 0 radical (unpaired) electrons. The minimum absolute atomic E-state index is 0.646. The zero-order valence-electron chi connectivity index (χ0n) is 6.31. The van der Waals surface area contributed by atoms with Gasteiger partial charge in [0.15, 0.2) is 0 Å². The molecule has 0 bridgehead atoms. The maximum absolute atomic E-state index is 5.60. The van der Waals surface area contributed by atoms with Gasteiger partial charge >= 0.3 is 0 Å². The monoisotopic (exact) mass is 141 g/mol. The van der Waals surface area contributed by atoms with Gasteiger partial charge in [-0.2, -0.15) is 0 Å². The molecule has 1 aliphatic carbocycles. The topological polar surface area (TPSA) is 35.2 Å². The molecule has 0 unspecified atom stereocenters. The molecule has 10 heavy (non-hydrogen) atoms. The van der Waals surface area contributed by atoms with E-state index in [0.29, 0.717) is 5.41 Å². The van der Waals surface area contributed by atoms with Gasteiger partial charge in [-0.3, -0.25) is 0 Å². The normalized spacial score (nSPS) is 36.3. The molecule has 2 rings (SSSR count). The third kappa shape index (κ3) is 0.867. The number of nitrogens with two attached hydrogens (primary N) is 1. The zero-order valence-corrected chi connectivity index (χ0v) is 6.31. The molecule has 1 aliphatic heterocycles. The van der Waals surface area contributed by atoms with Gasteiger partial charge in [0.1, 0.15) is 0 Å². The SMILES string of the molecule is NC[C@@H]1CC12CCOCC2. The van der Waals surface area contributed by atoms with Crippen molar-refractivity contribution in [3.63, 3.8) is 0 Å².